The Morgan fingerprint density at radius 2 is 1.77 bits per heavy atom. The Bertz CT molecular complexity index is 311. The van der Waals surface area contributed by atoms with E-state index in [1.165, 1.54) is 0 Å². The molecule has 70 valence electrons. The highest BCUT2D eigenvalue weighted by Crippen LogP contribution is 2.21. The SMILES string of the molecule is Cc1cccc(C)c1[C@@H](O)C(=O)O. The minimum absolute atomic E-state index is 0.495. The quantitative estimate of drug-likeness (QED) is 0.723. The molecule has 1 aromatic carbocycles. The molecule has 3 heteroatoms. The molecule has 0 aliphatic heterocycles. The predicted octanol–water partition coefficient (Wildman–Crippen LogP) is 1.42. The Hall–Kier alpha value is -1.35. The molecule has 0 fully saturated rings. The summed E-state index contributed by atoms with van der Waals surface area (Å²) in [6, 6.07) is 5.41. The van der Waals surface area contributed by atoms with Gasteiger partial charge in [-0.25, -0.2) is 4.79 Å². The van der Waals surface area contributed by atoms with Crippen LogP contribution in [0.3, 0.4) is 0 Å². The van der Waals surface area contributed by atoms with E-state index in [1.54, 1.807) is 26.0 Å². The highest BCUT2D eigenvalue weighted by atomic mass is 16.4. The van der Waals surface area contributed by atoms with Crippen molar-refractivity contribution in [1.82, 2.24) is 0 Å². The number of benzene rings is 1. The van der Waals surface area contributed by atoms with Crippen LogP contribution in [0, 0.1) is 13.8 Å². The standard InChI is InChI=1S/C10H12O3/c1-6-4-3-5-7(2)8(6)9(11)10(12)13/h3-5,9,11H,1-2H3,(H,12,13)/t9-/m1/s1. The minimum atomic E-state index is -1.42. The lowest BCUT2D eigenvalue weighted by molar-refractivity contribution is -0.147. The number of hydrogen-bond donors (Lipinski definition) is 2. The van der Waals surface area contributed by atoms with Gasteiger partial charge in [-0.1, -0.05) is 18.2 Å². The van der Waals surface area contributed by atoms with Crippen molar-refractivity contribution in [3.8, 4) is 0 Å². The van der Waals surface area contributed by atoms with Gasteiger partial charge in [0.15, 0.2) is 6.10 Å². The van der Waals surface area contributed by atoms with Gasteiger partial charge in [-0.2, -0.15) is 0 Å². The molecule has 1 aromatic rings. The summed E-state index contributed by atoms with van der Waals surface area (Å²) in [7, 11) is 0. The third-order valence-electron chi connectivity index (χ3n) is 2.05. The minimum Gasteiger partial charge on any atom is -0.479 e. The number of aliphatic hydroxyl groups is 1. The Morgan fingerprint density at radius 3 is 2.15 bits per heavy atom. The molecule has 0 aliphatic carbocycles. The summed E-state index contributed by atoms with van der Waals surface area (Å²) >= 11 is 0. The summed E-state index contributed by atoms with van der Waals surface area (Å²) in [5.41, 5.74) is 2.10. The molecule has 1 atom stereocenters. The maximum absolute atomic E-state index is 10.6. The van der Waals surface area contributed by atoms with E-state index in [0.717, 1.165) is 11.1 Å². The molecule has 0 heterocycles. The molecule has 0 bridgehead atoms. The number of hydrogen-bond acceptors (Lipinski definition) is 2. The maximum Gasteiger partial charge on any atom is 0.337 e. The molecule has 3 nitrogen and oxygen atoms in total. The van der Waals surface area contributed by atoms with Crippen LogP contribution in [0.15, 0.2) is 18.2 Å². The van der Waals surface area contributed by atoms with Gasteiger partial charge in [-0.05, 0) is 30.5 Å². The zero-order valence-electron chi connectivity index (χ0n) is 7.61. The molecular formula is C10H12O3. The van der Waals surface area contributed by atoms with Gasteiger partial charge in [0.2, 0.25) is 0 Å². The molecule has 1 rings (SSSR count). The fourth-order valence-electron chi connectivity index (χ4n) is 1.38. The largest absolute Gasteiger partial charge is 0.479 e. The fraction of sp³-hybridized carbons (Fsp3) is 0.300. The summed E-state index contributed by atoms with van der Waals surface area (Å²) in [6.07, 6.45) is -1.42. The summed E-state index contributed by atoms with van der Waals surface area (Å²) in [5.74, 6) is -1.21. The van der Waals surface area contributed by atoms with E-state index in [9.17, 15) is 9.90 Å². The van der Waals surface area contributed by atoms with Crippen LogP contribution in [-0.2, 0) is 4.79 Å². The summed E-state index contributed by atoms with van der Waals surface area (Å²) in [6.45, 7) is 3.57. The van der Waals surface area contributed by atoms with Crippen molar-refractivity contribution in [3.05, 3.63) is 34.9 Å². The van der Waals surface area contributed by atoms with Gasteiger partial charge in [0.05, 0.1) is 0 Å². The first-order chi connectivity index (χ1) is 6.04. The predicted molar refractivity (Wildman–Crippen MR) is 48.5 cm³/mol. The zero-order valence-corrected chi connectivity index (χ0v) is 7.61. The van der Waals surface area contributed by atoms with Gasteiger partial charge in [0.25, 0.3) is 0 Å². The van der Waals surface area contributed by atoms with Crippen LogP contribution in [0.1, 0.15) is 22.8 Å². The van der Waals surface area contributed by atoms with Gasteiger partial charge < -0.3 is 10.2 Å². The van der Waals surface area contributed by atoms with Crippen LogP contribution in [0.25, 0.3) is 0 Å². The van der Waals surface area contributed by atoms with Crippen molar-refractivity contribution in [2.24, 2.45) is 0 Å². The number of aliphatic hydroxyl groups excluding tert-OH is 1. The first-order valence-electron chi connectivity index (χ1n) is 4.01. The molecule has 13 heavy (non-hydrogen) atoms. The first kappa shape index (κ1) is 9.74. The lowest BCUT2D eigenvalue weighted by Crippen LogP contribution is -2.13. The third kappa shape index (κ3) is 1.87. The van der Waals surface area contributed by atoms with Crippen LogP contribution in [0.2, 0.25) is 0 Å². The maximum atomic E-state index is 10.6. The summed E-state index contributed by atoms with van der Waals surface area (Å²) in [5, 5.41) is 18.0. The van der Waals surface area contributed by atoms with Crippen LogP contribution >= 0.6 is 0 Å². The van der Waals surface area contributed by atoms with Crippen LogP contribution in [0.5, 0.6) is 0 Å². The van der Waals surface area contributed by atoms with E-state index in [-0.39, 0.29) is 0 Å². The van der Waals surface area contributed by atoms with E-state index < -0.39 is 12.1 Å². The van der Waals surface area contributed by atoms with Gasteiger partial charge >= 0.3 is 5.97 Å². The van der Waals surface area contributed by atoms with Crippen molar-refractivity contribution >= 4 is 5.97 Å². The third-order valence-corrected chi connectivity index (χ3v) is 2.05. The summed E-state index contributed by atoms with van der Waals surface area (Å²) < 4.78 is 0. The molecule has 0 radical (unpaired) electrons. The van der Waals surface area contributed by atoms with E-state index in [1.807, 2.05) is 6.07 Å². The van der Waals surface area contributed by atoms with E-state index in [2.05, 4.69) is 0 Å². The van der Waals surface area contributed by atoms with Gasteiger partial charge in [0, 0.05) is 0 Å². The molecule has 0 aliphatic rings. The number of carboxylic acid groups (broad SMARTS) is 1. The molecular weight excluding hydrogens is 168 g/mol. The topological polar surface area (TPSA) is 57.5 Å². The van der Waals surface area contributed by atoms with Gasteiger partial charge in [0.1, 0.15) is 0 Å². The van der Waals surface area contributed by atoms with Crippen molar-refractivity contribution in [3.63, 3.8) is 0 Å². The number of aryl methyl sites for hydroxylation is 2. The Balaban J connectivity index is 3.20. The summed E-state index contributed by atoms with van der Waals surface area (Å²) in [4.78, 5) is 10.6. The number of aliphatic carboxylic acids is 1. The lowest BCUT2D eigenvalue weighted by Gasteiger charge is -2.12. The highest BCUT2D eigenvalue weighted by Gasteiger charge is 2.19. The normalized spacial score (nSPS) is 12.5. The average molecular weight is 180 g/mol. The second-order valence-electron chi connectivity index (χ2n) is 3.05. The Labute approximate surface area is 76.6 Å². The molecule has 2 N–H and O–H groups in total. The monoisotopic (exact) mass is 180 g/mol. The van der Waals surface area contributed by atoms with E-state index in [4.69, 9.17) is 5.11 Å². The average Bonchev–Trinajstić information content (AvgIpc) is 2.03. The first-order valence-corrected chi connectivity index (χ1v) is 4.01. The zero-order chi connectivity index (χ0) is 10.0. The van der Waals surface area contributed by atoms with E-state index >= 15 is 0 Å². The molecule has 0 spiro atoms. The van der Waals surface area contributed by atoms with Crippen molar-refractivity contribution in [1.29, 1.82) is 0 Å². The molecule has 0 saturated heterocycles. The lowest BCUT2D eigenvalue weighted by atomic mass is 9.98. The van der Waals surface area contributed by atoms with Crippen molar-refractivity contribution < 1.29 is 15.0 Å². The van der Waals surface area contributed by atoms with Crippen LogP contribution < -0.4 is 0 Å². The van der Waals surface area contributed by atoms with E-state index in [0.29, 0.717) is 5.56 Å². The van der Waals surface area contributed by atoms with Crippen molar-refractivity contribution in [2.75, 3.05) is 0 Å². The second kappa shape index (κ2) is 3.58. The molecule has 0 unspecified atom stereocenters. The number of carboxylic acids is 1. The van der Waals surface area contributed by atoms with Gasteiger partial charge in [-0.15, -0.1) is 0 Å². The Morgan fingerprint density at radius 1 is 1.31 bits per heavy atom. The van der Waals surface area contributed by atoms with Crippen LogP contribution in [0.4, 0.5) is 0 Å². The molecule has 0 saturated carbocycles. The Kier molecular flexibility index (Phi) is 2.68. The number of carbonyl (C=O) groups is 1. The molecule has 0 amide bonds. The second-order valence-corrected chi connectivity index (χ2v) is 3.05. The smallest absolute Gasteiger partial charge is 0.337 e. The van der Waals surface area contributed by atoms with Crippen LogP contribution in [-0.4, -0.2) is 16.2 Å². The van der Waals surface area contributed by atoms with Gasteiger partial charge in [-0.3, -0.25) is 0 Å². The highest BCUT2D eigenvalue weighted by molar-refractivity contribution is 5.75. The van der Waals surface area contributed by atoms with Crippen molar-refractivity contribution in [2.45, 2.75) is 20.0 Å². The molecule has 0 aromatic heterocycles. The fourth-order valence-corrected chi connectivity index (χ4v) is 1.38. The number of rotatable bonds is 2.